The molecule has 0 aromatic heterocycles. The molecule has 2 aliphatic heterocycles. The maximum absolute atomic E-state index is 12.9. The maximum Gasteiger partial charge on any atom is 0.326 e. The van der Waals surface area contributed by atoms with Gasteiger partial charge in [0, 0.05) is 30.9 Å². The summed E-state index contributed by atoms with van der Waals surface area (Å²) in [6.07, 6.45) is 3.32. The number of benzene rings is 1. The highest BCUT2D eigenvalue weighted by Gasteiger charge is 2.72. The zero-order valence-electron chi connectivity index (χ0n) is 23.0. The largest absolute Gasteiger partial charge is 0.493 e. The van der Waals surface area contributed by atoms with E-state index in [9.17, 15) is 24.6 Å². The molecule has 5 rings (SSSR count). The Morgan fingerprint density at radius 1 is 1.26 bits per heavy atom. The first-order valence-electron chi connectivity index (χ1n) is 13.7. The predicted molar refractivity (Wildman–Crippen MR) is 140 cm³/mol. The molecular formula is C29H38N2O8. The van der Waals surface area contributed by atoms with Crippen LogP contribution in [0.5, 0.6) is 11.5 Å². The number of nitrogens with one attached hydrogen (secondary N) is 1. The molecule has 212 valence electrons. The van der Waals surface area contributed by atoms with Gasteiger partial charge in [-0.2, -0.15) is 0 Å². The van der Waals surface area contributed by atoms with Gasteiger partial charge in [0.2, 0.25) is 5.91 Å². The van der Waals surface area contributed by atoms with Gasteiger partial charge in [-0.1, -0.05) is 19.9 Å². The number of aliphatic hydroxyl groups is 1. The molecule has 1 spiro atoms. The zero-order chi connectivity index (χ0) is 28.1. The molecule has 1 aromatic rings. The number of likely N-dealkylation sites (N-methyl/N-ethyl adjacent to an activating group) is 1. The van der Waals surface area contributed by atoms with Crippen LogP contribution >= 0.6 is 0 Å². The molecule has 0 saturated carbocycles. The van der Waals surface area contributed by atoms with Crippen LogP contribution in [0.4, 0.5) is 0 Å². The predicted octanol–water partition coefficient (Wildman–Crippen LogP) is 2.30. The van der Waals surface area contributed by atoms with E-state index in [1.54, 1.807) is 13.2 Å². The van der Waals surface area contributed by atoms with Crippen molar-refractivity contribution >= 4 is 17.8 Å². The quantitative estimate of drug-likeness (QED) is 0.381. The Labute approximate surface area is 228 Å². The summed E-state index contributed by atoms with van der Waals surface area (Å²) in [5.74, 6) is -0.290. The summed E-state index contributed by atoms with van der Waals surface area (Å²) in [5.41, 5.74) is 0.241. The lowest BCUT2D eigenvalue weighted by molar-refractivity contribution is -0.169. The number of nitrogens with zero attached hydrogens (tertiary/aromatic N) is 1. The molecule has 4 aliphatic rings. The van der Waals surface area contributed by atoms with E-state index in [0.717, 1.165) is 17.7 Å². The van der Waals surface area contributed by atoms with E-state index in [1.165, 1.54) is 0 Å². The highest BCUT2D eigenvalue weighted by atomic mass is 16.6. The van der Waals surface area contributed by atoms with Crippen molar-refractivity contribution in [3.63, 3.8) is 0 Å². The summed E-state index contributed by atoms with van der Waals surface area (Å²) >= 11 is 0. The van der Waals surface area contributed by atoms with Crippen molar-refractivity contribution in [1.82, 2.24) is 10.2 Å². The molecule has 1 amide bonds. The minimum Gasteiger partial charge on any atom is -0.493 e. The Kier molecular flexibility index (Phi) is 7.13. The fraction of sp³-hybridized carbons (Fsp3) is 0.621. The lowest BCUT2D eigenvalue weighted by Gasteiger charge is -2.61. The van der Waals surface area contributed by atoms with E-state index < -0.39 is 41.0 Å². The molecule has 2 bridgehead atoms. The Balaban J connectivity index is 1.29. The van der Waals surface area contributed by atoms with Crippen molar-refractivity contribution in [3.8, 4) is 11.5 Å². The number of carboxylic acids is 1. The fourth-order valence-electron chi connectivity index (χ4n) is 7.12. The van der Waals surface area contributed by atoms with Crippen molar-refractivity contribution in [3.05, 3.63) is 35.1 Å². The average Bonchev–Trinajstić information content (AvgIpc) is 3.23. The fourth-order valence-corrected chi connectivity index (χ4v) is 7.12. The SMILES string of the molecule is COc1ccc2c3c1O[C@H]1C(OC(=O)CCCC(=O)N[C@@H](CC(C)C)C(=O)O)=CC[C@@]4(O)[C@@H](C2)N(C)CC[C@]314. The highest BCUT2D eigenvalue weighted by Crippen LogP contribution is 2.65. The Hall–Kier alpha value is -3.11. The van der Waals surface area contributed by atoms with E-state index in [-0.39, 0.29) is 31.2 Å². The highest BCUT2D eigenvalue weighted by molar-refractivity contribution is 5.83. The van der Waals surface area contributed by atoms with Gasteiger partial charge >= 0.3 is 11.9 Å². The van der Waals surface area contributed by atoms with Gasteiger partial charge in [-0.05, 0) is 62.9 Å². The molecule has 1 saturated heterocycles. The van der Waals surface area contributed by atoms with Gasteiger partial charge < -0.3 is 34.6 Å². The number of rotatable bonds is 10. The van der Waals surface area contributed by atoms with Crippen LogP contribution in [0.25, 0.3) is 0 Å². The third-order valence-electron chi connectivity index (χ3n) is 8.91. The number of piperidine rings is 1. The molecule has 1 fully saturated rings. The molecule has 10 heteroatoms. The molecule has 0 unspecified atom stereocenters. The number of carbonyl (C=O) groups is 3. The number of aliphatic carboxylic acids is 1. The summed E-state index contributed by atoms with van der Waals surface area (Å²) in [7, 11) is 3.62. The van der Waals surface area contributed by atoms with Gasteiger partial charge in [-0.25, -0.2) is 4.79 Å². The summed E-state index contributed by atoms with van der Waals surface area (Å²) in [6, 6.07) is 2.88. The standard InChI is InChI=1S/C29H38N2O8/c1-16(2)14-18(27(34)35)30-22(32)6-5-7-23(33)38-20-10-11-29(36)21-15-17-8-9-19(37-4)25-24(17)28(29,26(20)39-25)12-13-31(21)3/h8-10,16,18,21,26,36H,5-7,11-15H2,1-4H3,(H,30,32)(H,34,35)/t18-,21+,26-,28-,29+/m0/s1. The van der Waals surface area contributed by atoms with Crippen LogP contribution < -0.4 is 14.8 Å². The van der Waals surface area contributed by atoms with E-state index >= 15 is 0 Å². The van der Waals surface area contributed by atoms with Crippen LogP contribution in [0, 0.1) is 5.92 Å². The lowest BCUT2D eigenvalue weighted by atomic mass is 9.50. The number of carboxylic acid groups (broad SMARTS) is 1. The molecule has 0 radical (unpaired) electrons. The van der Waals surface area contributed by atoms with Crippen LogP contribution in [-0.2, 0) is 31.0 Å². The van der Waals surface area contributed by atoms with Gasteiger partial charge in [0.1, 0.15) is 11.8 Å². The Morgan fingerprint density at radius 2 is 2.03 bits per heavy atom. The third kappa shape index (κ3) is 4.37. The minimum absolute atomic E-state index is 0.0104. The lowest BCUT2D eigenvalue weighted by Crippen LogP contribution is -2.74. The van der Waals surface area contributed by atoms with Gasteiger partial charge in [-0.3, -0.25) is 9.59 Å². The van der Waals surface area contributed by atoms with E-state index in [1.807, 2.05) is 33.0 Å². The number of likely N-dealkylation sites (tertiary alicyclic amines) is 1. The number of hydrogen-bond donors (Lipinski definition) is 3. The van der Waals surface area contributed by atoms with E-state index in [0.29, 0.717) is 42.9 Å². The first-order valence-corrected chi connectivity index (χ1v) is 13.7. The molecule has 39 heavy (non-hydrogen) atoms. The second-order valence-corrected chi connectivity index (χ2v) is 11.7. The van der Waals surface area contributed by atoms with Gasteiger partial charge in [0.25, 0.3) is 0 Å². The Bertz CT molecular complexity index is 1210. The van der Waals surface area contributed by atoms with Crippen LogP contribution in [0.1, 0.15) is 63.5 Å². The maximum atomic E-state index is 12.9. The van der Waals surface area contributed by atoms with Crippen LogP contribution in [0.15, 0.2) is 24.0 Å². The molecule has 10 nitrogen and oxygen atoms in total. The van der Waals surface area contributed by atoms with Crippen molar-refractivity contribution in [2.75, 3.05) is 20.7 Å². The molecule has 2 heterocycles. The molecule has 1 aromatic carbocycles. The number of carbonyl (C=O) groups excluding carboxylic acids is 2. The Morgan fingerprint density at radius 3 is 2.72 bits per heavy atom. The number of amides is 1. The summed E-state index contributed by atoms with van der Waals surface area (Å²) in [4.78, 5) is 38.8. The smallest absolute Gasteiger partial charge is 0.326 e. The van der Waals surface area contributed by atoms with Gasteiger partial charge in [-0.15, -0.1) is 0 Å². The molecular weight excluding hydrogens is 504 g/mol. The summed E-state index contributed by atoms with van der Waals surface area (Å²) < 4.78 is 17.9. The van der Waals surface area contributed by atoms with Crippen LogP contribution in [0.2, 0.25) is 0 Å². The normalized spacial score (nSPS) is 29.1. The van der Waals surface area contributed by atoms with Gasteiger partial charge in [0.05, 0.1) is 18.1 Å². The summed E-state index contributed by atoms with van der Waals surface area (Å²) in [6.45, 7) is 4.55. The molecule has 5 atom stereocenters. The van der Waals surface area contributed by atoms with Crippen LogP contribution in [-0.4, -0.2) is 77.4 Å². The number of methoxy groups -OCH3 is 1. The monoisotopic (exact) mass is 542 g/mol. The second-order valence-electron chi connectivity index (χ2n) is 11.7. The van der Waals surface area contributed by atoms with Crippen molar-refractivity contribution < 1.29 is 38.8 Å². The minimum atomic E-state index is -1.08. The second kappa shape index (κ2) is 10.1. The number of ether oxygens (including phenoxy) is 3. The number of hydrogen-bond acceptors (Lipinski definition) is 8. The first-order chi connectivity index (χ1) is 18.5. The van der Waals surface area contributed by atoms with Crippen molar-refractivity contribution in [2.24, 2.45) is 5.92 Å². The third-order valence-corrected chi connectivity index (χ3v) is 8.91. The average molecular weight is 543 g/mol. The molecule has 2 aliphatic carbocycles. The van der Waals surface area contributed by atoms with Gasteiger partial charge in [0.15, 0.2) is 17.6 Å². The molecule has 3 N–H and O–H groups in total. The summed E-state index contributed by atoms with van der Waals surface area (Å²) in [5, 5.41) is 24.1. The topological polar surface area (TPSA) is 135 Å². The van der Waals surface area contributed by atoms with E-state index in [2.05, 4.69) is 10.2 Å². The van der Waals surface area contributed by atoms with Crippen molar-refractivity contribution in [2.45, 2.75) is 88.0 Å². The number of esters is 1. The first kappa shape index (κ1) is 27.5. The zero-order valence-corrected chi connectivity index (χ0v) is 23.0. The van der Waals surface area contributed by atoms with Crippen molar-refractivity contribution in [1.29, 1.82) is 0 Å². The van der Waals surface area contributed by atoms with Crippen LogP contribution in [0.3, 0.4) is 0 Å². The van der Waals surface area contributed by atoms with E-state index in [4.69, 9.17) is 14.2 Å².